The topological polar surface area (TPSA) is 76.5 Å². The predicted octanol–water partition coefficient (Wildman–Crippen LogP) is 1.11. The number of methoxy groups -OCH3 is 1. The van der Waals surface area contributed by atoms with E-state index in [1.807, 2.05) is 28.9 Å². The Labute approximate surface area is 143 Å². The van der Waals surface area contributed by atoms with Crippen molar-refractivity contribution in [1.82, 2.24) is 20.0 Å². The third-order valence-corrected chi connectivity index (χ3v) is 4.36. The number of piperidine rings is 1. The molecule has 7 heteroatoms. The molecule has 1 aromatic heterocycles. The zero-order valence-corrected chi connectivity index (χ0v) is 14.8. The van der Waals surface area contributed by atoms with E-state index in [2.05, 4.69) is 10.4 Å². The fraction of sp³-hybridized carbons (Fsp3) is 0.706. The summed E-state index contributed by atoms with van der Waals surface area (Å²) in [6, 6.07) is -0.410. The average Bonchev–Trinajstić information content (AvgIpc) is 2.96. The fourth-order valence-electron chi connectivity index (χ4n) is 3.20. The van der Waals surface area contributed by atoms with Crippen LogP contribution in [0.2, 0.25) is 0 Å². The van der Waals surface area contributed by atoms with E-state index in [1.165, 1.54) is 6.92 Å². The van der Waals surface area contributed by atoms with Crippen LogP contribution in [0.4, 0.5) is 0 Å². The number of likely N-dealkylation sites (tertiary alicyclic amines) is 1. The smallest absolute Gasteiger partial charge is 0.245 e. The lowest BCUT2D eigenvalue weighted by atomic mass is 10.00. The summed E-state index contributed by atoms with van der Waals surface area (Å²) >= 11 is 0. The van der Waals surface area contributed by atoms with Crippen LogP contribution >= 0.6 is 0 Å². The summed E-state index contributed by atoms with van der Waals surface area (Å²) in [6.07, 6.45) is 7.37. The van der Waals surface area contributed by atoms with Crippen molar-refractivity contribution in [2.45, 2.75) is 58.2 Å². The van der Waals surface area contributed by atoms with Gasteiger partial charge >= 0.3 is 0 Å². The molecular formula is C17H28N4O3. The second-order valence-electron chi connectivity index (χ2n) is 6.46. The van der Waals surface area contributed by atoms with Gasteiger partial charge in [-0.15, -0.1) is 0 Å². The first kappa shape index (κ1) is 18.4. The van der Waals surface area contributed by atoms with Crippen molar-refractivity contribution in [2.24, 2.45) is 0 Å². The first-order valence-electron chi connectivity index (χ1n) is 8.57. The highest BCUT2D eigenvalue weighted by molar-refractivity contribution is 5.87. The number of carbonyl (C=O) groups excluding carboxylic acids is 2. The van der Waals surface area contributed by atoms with Crippen LogP contribution in [0.3, 0.4) is 0 Å². The molecule has 7 nitrogen and oxygen atoms in total. The van der Waals surface area contributed by atoms with Gasteiger partial charge in [-0.05, 0) is 38.2 Å². The molecule has 1 saturated heterocycles. The number of amides is 2. The van der Waals surface area contributed by atoms with Gasteiger partial charge in [-0.25, -0.2) is 0 Å². The zero-order chi connectivity index (χ0) is 17.5. The summed E-state index contributed by atoms with van der Waals surface area (Å²) in [5, 5.41) is 7.10. The minimum absolute atomic E-state index is 0.0178. The molecule has 2 amide bonds. The molecule has 0 bridgehead atoms. The lowest BCUT2D eigenvalue weighted by Crippen LogP contribution is -2.54. The number of ether oxygens (including phenoxy) is 1. The number of nitrogens with zero attached hydrogens (tertiary/aromatic N) is 3. The summed E-state index contributed by atoms with van der Waals surface area (Å²) < 4.78 is 6.98. The molecule has 134 valence electrons. The van der Waals surface area contributed by atoms with Crippen LogP contribution in [0.25, 0.3) is 0 Å². The molecule has 2 rings (SSSR count). The average molecular weight is 336 g/mol. The van der Waals surface area contributed by atoms with Crippen molar-refractivity contribution in [1.29, 1.82) is 0 Å². The lowest BCUT2D eigenvalue weighted by molar-refractivity contribution is -0.140. The molecule has 1 aliphatic heterocycles. The third kappa shape index (κ3) is 5.06. The molecule has 1 fully saturated rings. The lowest BCUT2D eigenvalue weighted by Gasteiger charge is -2.38. The maximum Gasteiger partial charge on any atom is 0.245 e. The van der Waals surface area contributed by atoms with Gasteiger partial charge in [0.1, 0.15) is 6.04 Å². The predicted molar refractivity (Wildman–Crippen MR) is 90.4 cm³/mol. The van der Waals surface area contributed by atoms with E-state index >= 15 is 0 Å². The van der Waals surface area contributed by atoms with E-state index in [-0.39, 0.29) is 17.9 Å². The Balaban J connectivity index is 2.08. The molecule has 0 saturated carbocycles. The number of carbonyl (C=O) groups is 2. The van der Waals surface area contributed by atoms with Gasteiger partial charge in [-0.3, -0.25) is 14.3 Å². The second-order valence-corrected chi connectivity index (χ2v) is 6.46. The Morgan fingerprint density at radius 2 is 2.25 bits per heavy atom. The normalized spacial score (nSPS) is 19.1. The van der Waals surface area contributed by atoms with Crippen LogP contribution in [-0.2, 0) is 20.9 Å². The quantitative estimate of drug-likeness (QED) is 0.809. The van der Waals surface area contributed by atoms with Gasteiger partial charge in [0, 0.05) is 33.4 Å². The minimum Gasteiger partial charge on any atom is -0.385 e. The Hall–Kier alpha value is -1.89. The number of aryl methyl sites for hydroxylation is 1. The first-order valence-corrected chi connectivity index (χ1v) is 8.57. The number of hydrogen-bond donors (Lipinski definition) is 1. The standard InChI is InChI=1S/C17H28N4O3/c1-13-10-18-20(11-13)12-15-6-4-5-8-21(15)17(23)16(7-9-24-3)19-14(2)22/h10-11,15-16H,4-9,12H2,1-3H3,(H,19,22). The summed E-state index contributed by atoms with van der Waals surface area (Å²) in [6.45, 7) is 5.30. The van der Waals surface area contributed by atoms with Crippen molar-refractivity contribution in [3.63, 3.8) is 0 Å². The van der Waals surface area contributed by atoms with Crippen LogP contribution in [0.1, 0.15) is 38.2 Å². The number of rotatable bonds is 7. The zero-order valence-electron chi connectivity index (χ0n) is 14.8. The molecule has 1 N–H and O–H groups in total. The van der Waals surface area contributed by atoms with Gasteiger partial charge < -0.3 is 15.0 Å². The maximum atomic E-state index is 13.0. The molecule has 24 heavy (non-hydrogen) atoms. The van der Waals surface area contributed by atoms with Crippen LogP contribution in [-0.4, -0.2) is 58.8 Å². The van der Waals surface area contributed by atoms with Crippen molar-refractivity contribution in [2.75, 3.05) is 20.3 Å². The van der Waals surface area contributed by atoms with Crippen molar-refractivity contribution in [3.8, 4) is 0 Å². The molecule has 0 aliphatic carbocycles. The van der Waals surface area contributed by atoms with Crippen LogP contribution in [0, 0.1) is 6.92 Å². The van der Waals surface area contributed by atoms with Crippen LogP contribution in [0.15, 0.2) is 12.4 Å². The SMILES string of the molecule is COCCC(NC(C)=O)C(=O)N1CCCCC1Cn1cc(C)cn1. The molecule has 0 aromatic carbocycles. The molecular weight excluding hydrogens is 308 g/mol. The molecule has 0 radical (unpaired) electrons. The summed E-state index contributed by atoms with van der Waals surface area (Å²) in [7, 11) is 1.60. The number of aromatic nitrogens is 2. The Kier molecular flexibility index (Phi) is 6.78. The Morgan fingerprint density at radius 1 is 1.46 bits per heavy atom. The molecule has 1 aliphatic rings. The summed E-state index contributed by atoms with van der Waals surface area (Å²) in [5.41, 5.74) is 1.11. The Morgan fingerprint density at radius 3 is 2.88 bits per heavy atom. The van der Waals surface area contributed by atoms with Gasteiger partial charge in [0.25, 0.3) is 0 Å². The van der Waals surface area contributed by atoms with Gasteiger partial charge in [0.2, 0.25) is 11.8 Å². The van der Waals surface area contributed by atoms with Crippen molar-refractivity contribution in [3.05, 3.63) is 18.0 Å². The highest BCUT2D eigenvalue weighted by Gasteiger charge is 2.32. The van der Waals surface area contributed by atoms with Gasteiger partial charge in [0.05, 0.1) is 18.8 Å². The van der Waals surface area contributed by atoms with Gasteiger partial charge in [0.15, 0.2) is 0 Å². The summed E-state index contributed by atoms with van der Waals surface area (Å²) in [5.74, 6) is -0.212. The monoisotopic (exact) mass is 336 g/mol. The maximum absolute atomic E-state index is 13.0. The molecule has 2 atom stereocenters. The molecule has 1 aromatic rings. The van der Waals surface area contributed by atoms with E-state index in [0.29, 0.717) is 19.6 Å². The highest BCUT2D eigenvalue weighted by Crippen LogP contribution is 2.20. The highest BCUT2D eigenvalue weighted by atomic mass is 16.5. The molecule has 0 spiro atoms. The van der Waals surface area contributed by atoms with Gasteiger partial charge in [-0.1, -0.05) is 0 Å². The molecule has 2 heterocycles. The van der Waals surface area contributed by atoms with Crippen molar-refractivity contribution < 1.29 is 14.3 Å². The largest absolute Gasteiger partial charge is 0.385 e. The van der Waals surface area contributed by atoms with Crippen molar-refractivity contribution >= 4 is 11.8 Å². The van der Waals surface area contributed by atoms with Crippen LogP contribution < -0.4 is 5.32 Å². The molecule has 2 unspecified atom stereocenters. The second kappa shape index (κ2) is 8.82. The minimum atomic E-state index is -0.526. The van der Waals surface area contributed by atoms with E-state index in [1.54, 1.807) is 7.11 Å². The fourth-order valence-corrected chi connectivity index (χ4v) is 3.20. The van der Waals surface area contributed by atoms with Gasteiger partial charge in [-0.2, -0.15) is 5.10 Å². The number of hydrogen-bond acceptors (Lipinski definition) is 4. The summed E-state index contributed by atoms with van der Waals surface area (Å²) in [4.78, 5) is 26.3. The van der Waals surface area contributed by atoms with E-state index in [0.717, 1.165) is 31.4 Å². The number of nitrogens with one attached hydrogen (secondary N) is 1. The first-order chi connectivity index (χ1) is 11.5. The third-order valence-electron chi connectivity index (χ3n) is 4.36. The van der Waals surface area contributed by atoms with E-state index < -0.39 is 6.04 Å². The van der Waals surface area contributed by atoms with Crippen LogP contribution in [0.5, 0.6) is 0 Å². The van der Waals surface area contributed by atoms with E-state index in [9.17, 15) is 9.59 Å². The Bertz CT molecular complexity index is 558. The van der Waals surface area contributed by atoms with E-state index in [4.69, 9.17) is 4.74 Å².